The number of rotatable bonds is 8. The molecule has 1 aliphatic rings. The van der Waals surface area contributed by atoms with Crippen LogP contribution in [0.25, 0.3) is 0 Å². The van der Waals surface area contributed by atoms with Crippen molar-refractivity contribution in [2.75, 3.05) is 6.67 Å². The maximum atomic E-state index is 12.6. The molecule has 8 nitrogen and oxygen atoms in total. The monoisotopic (exact) mass is 395 g/mol. The van der Waals surface area contributed by atoms with Crippen molar-refractivity contribution < 1.29 is 43.7 Å². The zero-order valence-electron chi connectivity index (χ0n) is 12.3. The van der Waals surface area contributed by atoms with Gasteiger partial charge >= 0.3 is 22.4 Å². The number of alkyl halides is 3. The van der Waals surface area contributed by atoms with Crippen LogP contribution in [0.5, 0.6) is 0 Å². The standard InChI is InChI=1S/C11H16F3NO7S2/c1-2-10(16)21-8-3-5-9(6-4-8)23(17,18)15-24(19,20)22-11(13,14)7-12/h2,8-9,15H,1,3-7H2. The highest BCUT2D eigenvalue weighted by atomic mass is 32.3. The van der Waals surface area contributed by atoms with Crippen molar-refractivity contribution in [1.82, 2.24) is 4.13 Å². The number of carbonyl (C=O) groups is 1. The fourth-order valence-corrected chi connectivity index (χ4v) is 5.16. The van der Waals surface area contributed by atoms with Crippen LogP contribution in [-0.4, -0.2) is 46.9 Å². The number of esters is 1. The Bertz CT molecular complexity index is 670. The van der Waals surface area contributed by atoms with Crippen molar-refractivity contribution in [3.63, 3.8) is 0 Å². The van der Waals surface area contributed by atoms with Gasteiger partial charge in [0.15, 0.2) is 6.67 Å². The van der Waals surface area contributed by atoms with Crippen molar-refractivity contribution in [3.05, 3.63) is 12.7 Å². The van der Waals surface area contributed by atoms with E-state index in [2.05, 4.69) is 10.8 Å². The van der Waals surface area contributed by atoms with Gasteiger partial charge in [-0.05, 0) is 25.7 Å². The van der Waals surface area contributed by atoms with Gasteiger partial charge in [0, 0.05) is 6.08 Å². The minimum absolute atomic E-state index is 0.0700. The fourth-order valence-electron chi connectivity index (χ4n) is 2.08. The lowest BCUT2D eigenvalue weighted by atomic mass is 9.97. The van der Waals surface area contributed by atoms with Crippen LogP contribution in [-0.2, 0) is 34.0 Å². The van der Waals surface area contributed by atoms with Crippen molar-refractivity contribution in [2.45, 2.75) is 43.1 Å². The Hall–Kier alpha value is -1.18. The first-order valence-corrected chi connectivity index (χ1v) is 9.61. The number of hydrogen-bond acceptors (Lipinski definition) is 7. The molecule has 0 atom stereocenters. The number of hydrogen-bond donors (Lipinski definition) is 1. The summed E-state index contributed by atoms with van der Waals surface area (Å²) in [7, 11) is -9.98. The summed E-state index contributed by atoms with van der Waals surface area (Å²) in [4.78, 5) is 11.0. The van der Waals surface area contributed by atoms with Gasteiger partial charge in [0.1, 0.15) is 6.10 Å². The Labute approximate surface area is 137 Å². The zero-order valence-corrected chi connectivity index (χ0v) is 13.9. The molecule has 0 bridgehead atoms. The summed E-state index contributed by atoms with van der Waals surface area (Å²) in [5.74, 6) is -0.677. The molecule has 24 heavy (non-hydrogen) atoms. The lowest BCUT2D eigenvalue weighted by Crippen LogP contribution is -2.44. The first-order chi connectivity index (χ1) is 10.9. The van der Waals surface area contributed by atoms with Gasteiger partial charge in [0.25, 0.3) is 0 Å². The van der Waals surface area contributed by atoms with Crippen molar-refractivity contribution in [2.24, 2.45) is 0 Å². The molecule has 0 radical (unpaired) electrons. The summed E-state index contributed by atoms with van der Waals surface area (Å²) < 4.78 is 92.6. The van der Waals surface area contributed by atoms with Crippen LogP contribution in [0.2, 0.25) is 0 Å². The summed E-state index contributed by atoms with van der Waals surface area (Å²) >= 11 is 0. The molecule has 1 N–H and O–H groups in total. The summed E-state index contributed by atoms with van der Waals surface area (Å²) in [5, 5.41) is -1.21. The van der Waals surface area contributed by atoms with Crippen LogP contribution in [0.15, 0.2) is 12.7 Å². The Balaban J connectivity index is 2.67. The quantitative estimate of drug-likeness (QED) is 0.477. The molecule has 0 aromatic carbocycles. The van der Waals surface area contributed by atoms with E-state index in [0.717, 1.165) is 10.2 Å². The van der Waals surface area contributed by atoms with E-state index in [4.69, 9.17) is 4.74 Å². The summed E-state index contributed by atoms with van der Waals surface area (Å²) in [6.07, 6.45) is -4.15. The Morgan fingerprint density at radius 3 is 2.21 bits per heavy atom. The average Bonchev–Trinajstić information content (AvgIpc) is 2.45. The lowest BCUT2D eigenvalue weighted by Gasteiger charge is -2.27. The molecule has 140 valence electrons. The van der Waals surface area contributed by atoms with Crippen LogP contribution in [0.4, 0.5) is 13.2 Å². The minimum atomic E-state index is -5.42. The third-order valence-electron chi connectivity index (χ3n) is 3.11. The van der Waals surface area contributed by atoms with E-state index in [1.165, 1.54) is 0 Å². The maximum Gasteiger partial charge on any atom is 0.398 e. The second-order valence-corrected chi connectivity index (χ2v) is 8.47. The van der Waals surface area contributed by atoms with Gasteiger partial charge in [0.05, 0.1) is 5.25 Å². The maximum absolute atomic E-state index is 12.6. The molecule has 1 saturated carbocycles. The largest absolute Gasteiger partial charge is 0.459 e. The summed E-state index contributed by atoms with van der Waals surface area (Å²) in [6.45, 7) is 0.771. The summed E-state index contributed by atoms with van der Waals surface area (Å²) in [6, 6.07) is 0. The van der Waals surface area contributed by atoms with E-state index >= 15 is 0 Å². The van der Waals surface area contributed by atoms with E-state index in [-0.39, 0.29) is 25.7 Å². The van der Waals surface area contributed by atoms with Crippen LogP contribution >= 0.6 is 0 Å². The van der Waals surface area contributed by atoms with Gasteiger partial charge in [-0.2, -0.15) is 21.4 Å². The van der Waals surface area contributed by atoms with Crippen molar-refractivity contribution >= 4 is 26.3 Å². The molecule has 0 unspecified atom stereocenters. The first-order valence-electron chi connectivity index (χ1n) is 6.65. The van der Waals surface area contributed by atoms with E-state index in [1.807, 2.05) is 0 Å². The number of carbonyl (C=O) groups excluding carboxylic acids is 1. The van der Waals surface area contributed by atoms with Crippen LogP contribution in [0, 0.1) is 0 Å². The Morgan fingerprint density at radius 1 is 1.21 bits per heavy atom. The lowest BCUT2D eigenvalue weighted by molar-refractivity contribution is -0.183. The van der Waals surface area contributed by atoms with E-state index in [0.29, 0.717) is 0 Å². The highest BCUT2D eigenvalue weighted by Gasteiger charge is 2.41. The zero-order chi connectivity index (χ0) is 18.6. The first kappa shape index (κ1) is 20.9. The van der Waals surface area contributed by atoms with E-state index in [1.54, 1.807) is 0 Å². The van der Waals surface area contributed by atoms with Gasteiger partial charge in [-0.3, -0.25) is 0 Å². The van der Waals surface area contributed by atoms with Gasteiger partial charge in [-0.1, -0.05) is 10.7 Å². The molecule has 1 fully saturated rings. The number of sulfonamides is 1. The van der Waals surface area contributed by atoms with E-state index in [9.17, 15) is 34.8 Å². The predicted octanol–water partition coefficient (Wildman–Crippen LogP) is 0.770. The molecule has 0 amide bonds. The minimum Gasteiger partial charge on any atom is -0.459 e. The van der Waals surface area contributed by atoms with Gasteiger partial charge in [-0.25, -0.2) is 17.6 Å². The number of ether oxygens (including phenoxy) is 1. The van der Waals surface area contributed by atoms with Crippen LogP contribution in [0.3, 0.4) is 0 Å². The molecular weight excluding hydrogens is 379 g/mol. The average molecular weight is 395 g/mol. The molecule has 0 saturated heterocycles. The molecule has 1 rings (SSSR count). The number of nitrogens with one attached hydrogen (secondary N) is 1. The second-order valence-electron chi connectivity index (χ2n) is 4.98. The van der Waals surface area contributed by atoms with Gasteiger partial charge < -0.3 is 4.74 Å². The summed E-state index contributed by atoms with van der Waals surface area (Å²) in [5.41, 5.74) is 0. The Kier molecular flexibility index (Phi) is 6.78. The van der Waals surface area contributed by atoms with Crippen molar-refractivity contribution in [3.8, 4) is 0 Å². The smallest absolute Gasteiger partial charge is 0.398 e. The third kappa shape index (κ3) is 6.37. The molecule has 0 aliphatic heterocycles. The molecule has 0 aromatic rings. The third-order valence-corrected chi connectivity index (χ3v) is 6.67. The molecular formula is C11H16F3NO7S2. The molecule has 13 heteroatoms. The second kappa shape index (κ2) is 7.80. The van der Waals surface area contributed by atoms with E-state index < -0.39 is 50.4 Å². The highest BCUT2D eigenvalue weighted by Crippen LogP contribution is 2.27. The SMILES string of the molecule is C=CC(=O)OC1CCC(S(=O)(=O)NS(=O)(=O)OC(F)(F)CF)CC1. The Morgan fingerprint density at radius 2 is 1.75 bits per heavy atom. The topological polar surface area (TPSA) is 116 Å². The van der Waals surface area contributed by atoms with Gasteiger partial charge in [-0.15, -0.1) is 0 Å². The predicted molar refractivity (Wildman–Crippen MR) is 75.3 cm³/mol. The van der Waals surface area contributed by atoms with Crippen molar-refractivity contribution in [1.29, 1.82) is 0 Å². The normalized spacial score (nSPS) is 22.8. The highest BCUT2D eigenvalue weighted by molar-refractivity contribution is 8.03. The van der Waals surface area contributed by atoms with Crippen LogP contribution < -0.4 is 4.13 Å². The molecule has 0 spiro atoms. The molecule has 1 aliphatic carbocycles. The molecule has 0 heterocycles. The number of halogens is 3. The van der Waals surface area contributed by atoms with Gasteiger partial charge in [0.2, 0.25) is 10.0 Å². The van der Waals surface area contributed by atoms with Crippen LogP contribution in [0.1, 0.15) is 25.7 Å². The molecule has 0 aromatic heterocycles. The fraction of sp³-hybridized carbons (Fsp3) is 0.727.